The SMILES string of the molecule is CN=C(NCCNC(=O)c1cccc(C)c1)NCC1CC(=O)Nc2ccccc21.I. The number of benzene rings is 2. The van der Waals surface area contributed by atoms with Crippen LogP contribution in [0.5, 0.6) is 0 Å². The minimum absolute atomic E-state index is 0. The lowest BCUT2D eigenvalue weighted by molar-refractivity contribution is -0.116. The maximum absolute atomic E-state index is 12.2. The van der Waals surface area contributed by atoms with Gasteiger partial charge in [0.15, 0.2) is 5.96 Å². The van der Waals surface area contributed by atoms with Crippen LogP contribution in [0.25, 0.3) is 0 Å². The first-order valence-corrected chi connectivity index (χ1v) is 9.75. The number of fused-ring (bicyclic) bond motifs is 1. The molecule has 0 saturated heterocycles. The van der Waals surface area contributed by atoms with E-state index in [0.717, 1.165) is 16.8 Å². The van der Waals surface area contributed by atoms with Crippen LogP contribution in [0.15, 0.2) is 53.5 Å². The molecule has 0 bridgehead atoms. The molecule has 1 atom stereocenters. The number of guanidine groups is 1. The normalized spacial score (nSPS) is 15.3. The molecule has 0 aliphatic carbocycles. The lowest BCUT2D eigenvalue weighted by Gasteiger charge is -2.26. The highest BCUT2D eigenvalue weighted by molar-refractivity contribution is 14.0. The van der Waals surface area contributed by atoms with Crippen molar-refractivity contribution in [2.45, 2.75) is 19.3 Å². The van der Waals surface area contributed by atoms with E-state index in [9.17, 15) is 9.59 Å². The van der Waals surface area contributed by atoms with Crippen molar-refractivity contribution in [2.24, 2.45) is 4.99 Å². The summed E-state index contributed by atoms with van der Waals surface area (Å²) >= 11 is 0. The van der Waals surface area contributed by atoms with Gasteiger partial charge in [-0.05, 0) is 30.7 Å². The molecule has 2 aromatic rings. The van der Waals surface area contributed by atoms with Gasteiger partial charge in [0.25, 0.3) is 5.91 Å². The van der Waals surface area contributed by atoms with Gasteiger partial charge in [0, 0.05) is 50.3 Å². The number of carbonyl (C=O) groups excluding carboxylic acids is 2. The number of hydrogen-bond acceptors (Lipinski definition) is 3. The van der Waals surface area contributed by atoms with E-state index in [1.54, 1.807) is 13.1 Å². The molecule has 0 fully saturated rings. The number of amides is 2. The van der Waals surface area contributed by atoms with Gasteiger partial charge in [-0.15, -0.1) is 24.0 Å². The van der Waals surface area contributed by atoms with Crippen molar-refractivity contribution in [1.29, 1.82) is 0 Å². The zero-order valence-corrected chi connectivity index (χ0v) is 19.5. The molecule has 0 radical (unpaired) electrons. The number of rotatable bonds is 6. The molecule has 1 aliphatic rings. The first-order valence-electron chi connectivity index (χ1n) is 9.75. The number of anilines is 1. The molecular weight excluding hydrogens is 493 g/mol. The second-order valence-corrected chi connectivity index (χ2v) is 7.04. The average Bonchev–Trinajstić information content (AvgIpc) is 2.72. The van der Waals surface area contributed by atoms with E-state index in [1.165, 1.54) is 0 Å². The second kappa shape index (κ2) is 11.5. The van der Waals surface area contributed by atoms with E-state index in [1.807, 2.05) is 49.4 Å². The van der Waals surface area contributed by atoms with Gasteiger partial charge >= 0.3 is 0 Å². The van der Waals surface area contributed by atoms with Gasteiger partial charge in [0.1, 0.15) is 0 Å². The van der Waals surface area contributed by atoms with Crippen LogP contribution in [0.4, 0.5) is 5.69 Å². The Labute approximate surface area is 194 Å². The number of halogens is 1. The van der Waals surface area contributed by atoms with Crippen LogP contribution in [-0.4, -0.2) is 44.5 Å². The summed E-state index contributed by atoms with van der Waals surface area (Å²) in [6.07, 6.45) is 0.438. The standard InChI is InChI=1S/C22H27N5O2.HI/c1-15-6-5-7-16(12-15)21(29)24-10-11-25-22(23-2)26-14-17-13-20(28)27-19-9-4-3-8-18(17)19;/h3-9,12,17H,10-11,13-14H2,1-2H3,(H,24,29)(H,27,28)(H2,23,25,26);1H. The first-order chi connectivity index (χ1) is 14.1. The number of aliphatic imine (C=N–C) groups is 1. The molecule has 2 amide bonds. The van der Waals surface area contributed by atoms with Crippen LogP contribution in [0.1, 0.15) is 33.8 Å². The van der Waals surface area contributed by atoms with Gasteiger partial charge in [-0.1, -0.05) is 35.9 Å². The van der Waals surface area contributed by atoms with Crippen LogP contribution < -0.4 is 21.3 Å². The number of aryl methyl sites for hydroxylation is 1. The predicted molar refractivity (Wildman–Crippen MR) is 131 cm³/mol. The Morgan fingerprint density at radius 1 is 1.10 bits per heavy atom. The maximum atomic E-state index is 12.2. The van der Waals surface area contributed by atoms with Gasteiger partial charge in [-0.25, -0.2) is 0 Å². The second-order valence-electron chi connectivity index (χ2n) is 7.04. The molecule has 4 N–H and O–H groups in total. The van der Waals surface area contributed by atoms with Crippen LogP contribution in [0.3, 0.4) is 0 Å². The maximum Gasteiger partial charge on any atom is 0.251 e. The van der Waals surface area contributed by atoms with Crippen LogP contribution in [0.2, 0.25) is 0 Å². The molecule has 7 nitrogen and oxygen atoms in total. The highest BCUT2D eigenvalue weighted by atomic mass is 127. The minimum Gasteiger partial charge on any atom is -0.356 e. The zero-order chi connectivity index (χ0) is 20.6. The Bertz CT molecular complexity index is 916. The third-order valence-corrected chi connectivity index (χ3v) is 4.83. The fourth-order valence-electron chi connectivity index (χ4n) is 3.37. The highest BCUT2D eigenvalue weighted by Gasteiger charge is 2.24. The summed E-state index contributed by atoms with van der Waals surface area (Å²) in [7, 11) is 1.70. The van der Waals surface area contributed by atoms with E-state index in [-0.39, 0.29) is 41.7 Å². The summed E-state index contributed by atoms with van der Waals surface area (Å²) in [6, 6.07) is 15.4. The van der Waals surface area contributed by atoms with Crippen molar-refractivity contribution in [3.05, 3.63) is 65.2 Å². The molecule has 30 heavy (non-hydrogen) atoms. The Morgan fingerprint density at radius 2 is 1.87 bits per heavy atom. The number of nitrogens with one attached hydrogen (secondary N) is 4. The van der Waals surface area contributed by atoms with Gasteiger partial charge in [0.2, 0.25) is 5.91 Å². The van der Waals surface area contributed by atoms with E-state index in [4.69, 9.17) is 0 Å². The van der Waals surface area contributed by atoms with Gasteiger partial charge in [0.05, 0.1) is 0 Å². The summed E-state index contributed by atoms with van der Waals surface area (Å²) in [4.78, 5) is 28.3. The molecule has 0 spiro atoms. The lowest BCUT2D eigenvalue weighted by atomic mass is 9.90. The molecule has 3 rings (SSSR count). The highest BCUT2D eigenvalue weighted by Crippen LogP contribution is 2.31. The molecule has 1 aliphatic heterocycles. The quantitative estimate of drug-likeness (QED) is 0.204. The Kier molecular flexibility index (Phi) is 9.10. The zero-order valence-electron chi connectivity index (χ0n) is 17.2. The molecule has 160 valence electrons. The Hall–Kier alpha value is -2.62. The summed E-state index contributed by atoms with van der Waals surface area (Å²) in [5.41, 5.74) is 3.71. The number of carbonyl (C=O) groups is 2. The van der Waals surface area contributed by atoms with E-state index in [2.05, 4.69) is 26.3 Å². The molecule has 0 aromatic heterocycles. The van der Waals surface area contributed by atoms with Crippen molar-refractivity contribution in [3.63, 3.8) is 0 Å². The average molecular weight is 521 g/mol. The molecule has 1 unspecified atom stereocenters. The molecule has 1 heterocycles. The van der Waals surface area contributed by atoms with Crippen LogP contribution in [0, 0.1) is 6.92 Å². The van der Waals surface area contributed by atoms with Crippen molar-refractivity contribution in [1.82, 2.24) is 16.0 Å². The molecule has 2 aromatic carbocycles. The van der Waals surface area contributed by atoms with E-state index in [0.29, 0.717) is 37.6 Å². The van der Waals surface area contributed by atoms with Crippen LogP contribution >= 0.6 is 24.0 Å². The summed E-state index contributed by atoms with van der Waals surface area (Å²) in [5.74, 6) is 0.651. The third-order valence-electron chi connectivity index (χ3n) is 4.83. The summed E-state index contributed by atoms with van der Waals surface area (Å²) < 4.78 is 0. The fourth-order valence-corrected chi connectivity index (χ4v) is 3.37. The van der Waals surface area contributed by atoms with E-state index >= 15 is 0 Å². The van der Waals surface area contributed by atoms with Crippen molar-refractivity contribution in [3.8, 4) is 0 Å². The Balaban J connectivity index is 0.00000320. The smallest absolute Gasteiger partial charge is 0.251 e. The molecule has 0 saturated carbocycles. The topological polar surface area (TPSA) is 94.6 Å². The summed E-state index contributed by atoms with van der Waals surface area (Å²) in [5, 5.41) is 12.3. The number of nitrogens with zero attached hydrogens (tertiary/aromatic N) is 1. The predicted octanol–water partition coefficient (Wildman–Crippen LogP) is 2.63. The lowest BCUT2D eigenvalue weighted by Crippen LogP contribution is -2.43. The van der Waals surface area contributed by atoms with Crippen molar-refractivity contribution >= 4 is 47.4 Å². The molecule has 8 heteroatoms. The van der Waals surface area contributed by atoms with Crippen molar-refractivity contribution < 1.29 is 9.59 Å². The molecular formula is C22H28IN5O2. The van der Waals surface area contributed by atoms with Gasteiger partial charge in [-0.3, -0.25) is 14.6 Å². The summed E-state index contributed by atoms with van der Waals surface area (Å²) in [6.45, 7) is 3.57. The first kappa shape index (κ1) is 23.7. The third kappa shape index (κ3) is 6.45. The van der Waals surface area contributed by atoms with E-state index < -0.39 is 0 Å². The number of hydrogen-bond donors (Lipinski definition) is 4. The van der Waals surface area contributed by atoms with Crippen LogP contribution in [-0.2, 0) is 4.79 Å². The van der Waals surface area contributed by atoms with Gasteiger partial charge < -0.3 is 21.3 Å². The minimum atomic E-state index is -0.0942. The fraction of sp³-hybridized carbons (Fsp3) is 0.318. The largest absolute Gasteiger partial charge is 0.356 e. The Morgan fingerprint density at radius 3 is 2.63 bits per heavy atom. The van der Waals surface area contributed by atoms with Crippen molar-refractivity contribution in [2.75, 3.05) is 32.0 Å². The number of para-hydroxylation sites is 1. The van der Waals surface area contributed by atoms with Gasteiger partial charge in [-0.2, -0.15) is 0 Å². The monoisotopic (exact) mass is 521 g/mol.